The number of rotatable bonds is 3. The molecule has 1 aromatic rings. The highest BCUT2D eigenvalue weighted by atomic mass is 32.2. The van der Waals surface area contributed by atoms with Gasteiger partial charge in [-0.2, -0.15) is 11.8 Å². The Morgan fingerprint density at radius 3 is 2.62 bits per heavy atom. The third-order valence-electron chi connectivity index (χ3n) is 3.35. The van der Waals surface area contributed by atoms with Crippen LogP contribution in [0.15, 0.2) is 24.3 Å². The maximum atomic E-state index is 10.0. The number of ether oxygens (including phenoxy) is 1. The number of hydrogen-bond donors (Lipinski definition) is 1. The summed E-state index contributed by atoms with van der Waals surface area (Å²) in [6.45, 7) is 1.60. The summed E-state index contributed by atoms with van der Waals surface area (Å²) in [5.74, 6) is 1.48. The maximum absolute atomic E-state index is 10.0. The summed E-state index contributed by atoms with van der Waals surface area (Å²) < 4.78 is 5.44. The Hall–Kier alpha value is -0.670. The number of thioether (sulfide) groups is 1. The van der Waals surface area contributed by atoms with Crippen molar-refractivity contribution in [2.24, 2.45) is 0 Å². The monoisotopic (exact) mass is 238 g/mol. The van der Waals surface area contributed by atoms with E-state index in [1.807, 2.05) is 23.9 Å². The minimum Gasteiger partial charge on any atom is -0.508 e. The van der Waals surface area contributed by atoms with E-state index in [4.69, 9.17) is 4.74 Å². The van der Waals surface area contributed by atoms with E-state index in [1.165, 1.54) is 0 Å². The molecule has 1 aliphatic rings. The number of para-hydroxylation sites is 1. The Morgan fingerprint density at radius 1 is 1.31 bits per heavy atom. The molecule has 0 bridgehead atoms. The van der Waals surface area contributed by atoms with Crippen LogP contribution in [0.1, 0.15) is 18.4 Å². The van der Waals surface area contributed by atoms with E-state index in [0.717, 1.165) is 37.4 Å². The van der Waals surface area contributed by atoms with Crippen molar-refractivity contribution in [2.45, 2.75) is 18.3 Å². The lowest BCUT2D eigenvalue weighted by molar-refractivity contribution is 0.0573. The van der Waals surface area contributed by atoms with Crippen molar-refractivity contribution < 1.29 is 9.84 Å². The maximum Gasteiger partial charge on any atom is 0.119 e. The largest absolute Gasteiger partial charge is 0.508 e. The smallest absolute Gasteiger partial charge is 0.119 e. The molecule has 1 heterocycles. The molecule has 3 heteroatoms. The van der Waals surface area contributed by atoms with Crippen LogP contribution < -0.4 is 0 Å². The fraction of sp³-hybridized carbons (Fsp3) is 0.538. The minimum atomic E-state index is 0.100. The predicted molar refractivity (Wildman–Crippen MR) is 68.2 cm³/mol. The molecule has 1 N–H and O–H groups in total. The van der Waals surface area contributed by atoms with E-state index in [9.17, 15) is 5.11 Å². The molecule has 88 valence electrons. The first-order valence-electron chi connectivity index (χ1n) is 5.64. The second-order valence-corrected chi connectivity index (χ2v) is 5.21. The molecule has 0 radical (unpaired) electrons. The Balaban J connectivity index is 2.34. The van der Waals surface area contributed by atoms with Gasteiger partial charge in [0.05, 0.1) is 0 Å². The van der Waals surface area contributed by atoms with Crippen LogP contribution in [0.25, 0.3) is 0 Å². The van der Waals surface area contributed by atoms with Crippen LogP contribution >= 0.6 is 11.8 Å². The first-order chi connectivity index (χ1) is 7.78. The summed E-state index contributed by atoms with van der Waals surface area (Å²) in [6.07, 6.45) is 4.13. The molecule has 1 aromatic carbocycles. The van der Waals surface area contributed by atoms with Crippen molar-refractivity contribution in [3.63, 3.8) is 0 Å². The van der Waals surface area contributed by atoms with Crippen molar-refractivity contribution in [2.75, 3.05) is 25.2 Å². The van der Waals surface area contributed by atoms with Crippen LogP contribution in [-0.2, 0) is 10.2 Å². The van der Waals surface area contributed by atoms with Gasteiger partial charge in [-0.15, -0.1) is 0 Å². The number of aromatic hydroxyl groups is 1. The first kappa shape index (κ1) is 11.8. The molecule has 0 spiro atoms. The number of benzene rings is 1. The lowest BCUT2D eigenvalue weighted by Gasteiger charge is -2.37. The SMILES string of the molecule is CSCC1(c2ccccc2O)CCOCC1. The minimum absolute atomic E-state index is 0.100. The topological polar surface area (TPSA) is 29.5 Å². The summed E-state index contributed by atoms with van der Waals surface area (Å²) in [6, 6.07) is 7.72. The normalized spacial score (nSPS) is 19.6. The van der Waals surface area contributed by atoms with E-state index in [1.54, 1.807) is 6.07 Å². The molecule has 1 fully saturated rings. The van der Waals surface area contributed by atoms with E-state index >= 15 is 0 Å². The second kappa shape index (κ2) is 5.11. The van der Waals surface area contributed by atoms with Gasteiger partial charge in [-0.1, -0.05) is 18.2 Å². The molecule has 16 heavy (non-hydrogen) atoms. The number of hydrogen-bond acceptors (Lipinski definition) is 3. The van der Waals surface area contributed by atoms with Gasteiger partial charge in [-0.05, 0) is 25.2 Å². The fourth-order valence-electron chi connectivity index (χ4n) is 2.45. The van der Waals surface area contributed by atoms with Crippen LogP contribution in [0.5, 0.6) is 5.75 Å². The Bertz CT molecular complexity index is 340. The van der Waals surface area contributed by atoms with Gasteiger partial charge in [0.1, 0.15) is 5.75 Å². The molecule has 0 aliphatic carbocycles. The highest BCUT2D eigenvalue weighted by Gasteiger charge is 2.35. The predicted octanol–water partition coefficient (Wildman–Crippen LogP) is 2.80. The molecule has 0 amide bonds. The summed E-state index contributed by atoms with van der Waals surface area (Å²) >= 11 is 1.84. The summed E-state index contributed by atoms with van der Waals surface area (Å²) in [4.78, 5) is 0. The van der Waals surface area contributed by atoms with Crippen LogP contribution in [0.2, 0.25) is 0 Å². The molecule has 1 aliphatic heterocycles. The molecule has 2 rings (SSSR count). The van der Waals surface area contributed by atoms with Crippen molar-refractivity contribution in [1.82, 2.24) is 0 Å². The molecule has 0 atom stereocenters. The van der Waals surface area contributed by atoms with E-state index in [-0.39, 0.29) is 5.41 Å². The lowest BCUT2D eigenvalue weighted by atomic mass is 9.75. The van der Waals surface area contributed by atoms with Gasteiger partial charge < -0.3 is 9.84 Å². The third kappa shape index (κ3) is 2.20. The molecule has 0 aromatic heterocycles. The summed E-state index contributed by atoms with van der Waals surface area (Å²) in [7, 11) is 0. The molecule has 2 nitrogen and oxygen atoms in total. The summed E-state index contributed by atoms with van der Waals surface area (Å²) in [5.41, 5.74) is 1.19. The van der Waals surface area contributed by atoms with Gasteiger partial charge in [-0.3, -0.25) is 0 Å². The Labute approximate surface area is 101 Å². The average Bonchev–Trinajstić information content (AvgIpc) is 2.31. The van der Waals surface area contributed by atoms with Crippen LogP contribution in [0, 0.1) is 0 Å². The third-order valence-corrected chi connectivity index (χ3v) is 4.19. The van der Waals surface area contributed by atoms with Gasteiger partial charge in [-0.25, -0.2) is 0 Å². The van der Waals surface area contributed by atoms with Gasteiger partial charge in [0.2, 0.25) is 0 Å². The number of phenols is 1. The second-order valence-electron chi connectivity index (χ2n) is 4.34. The van der Waals surface area contributed by atoms with Gasteiger partial charge >= 0.3 is 0 Å². The van der Waals surface area contributed by atoms with Gasteiger partial charge in [0.25, 0.3) is 0 Å². The van der Waals surface area contributed by atoms with Crippen LogP contribution in [0.3, 0.4) is 0 Å². The zero-order valence-electron chi connectivity index (χ0n) is 9.61. The Morgan fingerprint density at radius 2 is 2.00 bits per heavy atom. The van der Waals surface area contributed by atoms with Crippen molar-refractivity contribution in [3.8, 4) is 5.75 Å². The van der Waals surface area contributed by atoms with E-state index in [2.05, 4.69) is 12.3 Å². The molecular formula is C13H18O2S. The lowest BCUT2D eigenvalue weighted by Crippen LogP contribution is -2.36. The zero-order chi connectivity index (χ0) is 11.4. The molecular weight excluding hydrogens is 220 g/mol. The van der Waals surface area contributed by atoms with E-state index in [0.29, 0.717) is 5.75 Å². The van der Waals surface area contributed by atoms with Gasteiger partial charge in [0.15, 0.2) is 0 Å². The molecule has 1 saturated heterocycles. The standard InChI is InChI=1S/C13H18O2S/c1-16-10-13(6-8-15-9-7-13)11-4-2-3-5-12(11)14/h2-5,14H,6-10H2,1H3. The number of phenolic OH excluding ortho intramolecular Hbond substituents is 1. The van der Waals surface area contributed by atoms with Crippen LogP contribution in [0.4, 0.5) is 0 Å². The molecule has 0 unspecified atom stereocenters. The van der Waals surface area contributed by atoms with E-state index < -0.39 is 0 Å². The Kier molecular flexibility index (Phi) is 3.77. The summed E-state index contributed by atoms with van der Waals surface area (Å²) in [5, 5.41) is 10.0. The van der Waals surface area contributed by atoms with Crippen molar-refractivity contribution >= 4 is 11.8 Å². The first-order valence-corrected chi connectivity index (χ1v) is 7.03. The van der Waals surface area contributed by atoms with Crippen molar-refractivity contribution in [1.29, 1.82) is 0 Å². The quantitative estimate of drug-likeness (QED) is 0.878. The van der Waals surface area contributed by atoms with Gasteiger partial charge in [0, 0.05) is 29.9 Å². The molecule has 0 saturated carbocycles. The highest BCUT2D eigenvalue weighted by molar-refractivity contribution is 7.98. The average molecular weight is 238 g/mol. The van der Waals surface area contributed by atoms with Crippen LogP contribution in [-0.4, -0.2) is 30.3 Å². The van der Waals surface area contributed by atoms with Crippen molar-refractivity contribution in [3.05, 3.63) is 29.8 Å². The zero-order valence-corrected chi connectivity index (χ0v) is 10.4. The fourth-order valence-corrected chi connectivity index (χ4v) is 3.45. The highest BCUT2D eigenvalue weighted by Crippen LogP contribution is 2.41.